The molecule has 2 nitrogen and oxygen atoms in total. The van der Waals surface area contributed by atoms with Crippen molar-refractivity contribution in [1.82, 2.24) is 4.57 Å². The number of methoxy groups -OCH3 is 1. The summed E-state index contributed by atoms with van der Waals surface area (Å²) in [6.45, 7) is 0. The molecule has 4 aromatic carbocycles. The van der Waals surface area contributed by atoms with E-state index in [0.29, 0.717) is 0 Å². The number of fused-ring (bicyclic) bond motifs is 8. The molecule has 0 spiro atoms. The van der Waals surface area contributed by atoms with Crippen molar-refractivity contribution in [3.63, 3.8) is 0 Å². The lowest BCUT2D eigenvalue weighted by Crippen LogP contribution is -1.88. The van der Waals surface area contributed by atoms with Crippen molar-refractivity contribution in [1.29, 1.82) is 0 Å². The van der Waals surface area contributed by atoms with Gasteiger partial charge in [0.1, 0.15) is 5.75 Å². The Balaban J connectivity index is 2.16. The molecule has 1 heterocycles. The average Bonchev–Trinajstić information content (AvgIpc) is 3.02. The maximum absolute atomic E-state index is 5.47. The van der Waals surface area contributed by atoms with Crippen molar-refractivity contribution >= 4 is 43.2 Å². The van der Waals surface area contributed by atoms with Crippen molar-refractivity contribution in [3.8, 4) is 5.75 Å². The van der Waals surface area contributed by atoms with Crippen LogP contribution in [-0.2, 0) is 7.05 Å². The number of hydrogen-bond donors (Lipinski definition) is 0. The van der Waals surface area contributed by atoms with Crippen molar-refractivity contribution in [3.05, 3.63) is 66.9 Å². The molecule has 0 aliphatic heterocycles. The van der Waals surface area contributed by atoms with Crippen LogP contribution in [0.15, 0.2) is 66.9 Å². The molecule has 0 atom stereocenters. The van der Waals surface area contributed by atoms with Gasteiger partial charge in [-0.2, -0.15) is 0 Å². The fraction of sp³-hybridized carbons (Fsp3) is 0.0909. The van der Waals surface area contributed by atoms with Gasteiger partial charge in [-0.15, -0.1) is 0 Å². The zero-order valence-corrected chi connectivity index (χ0v) is 13.7. The van der Waals surface area contributed by atoms with E-state index < -0.39 is 0 Å². The minimum Gasteiger partial charge on any atom is -0.497 e. The number of aryl methyl sites for hydroxylation is 1. The maximum atomic E-state index is 5.47. The third-order valence-corrected chi connectivity index (χ3v) is 5.07. The number of benzene rings is 4. The van der Waals surface area contributed by atoms with E-state index in [2.05, 4.69) is 72.4 Å². The summed E-state index contributed by atoms with van der Waals surface area (Å²) < 4.78 is 7.65. The first-order valence-electron chi connectivity index (χ1n) is 8.14. The Morgan fingerprint density at radius 1 is 0.708 bits per heavy atom. The first-order chi connectivity index (χ1) is 11.8. The van der Waals surface area contributed by atoms with Crippen molar-refractivity contribution in [2.75, 3.05) is 7.11 Å². The Morgan fingerprint density at radius 3 is 2.25 bits per heavy atom. The van der Waals surface area contributed by atoms with Gasteiger partial charge < -0.3 is 9.30 Å². The number of rotatable bonds is 1. The van der Waals surface area contributed by atoms with Gasteiger partial charge in [-0.1, -0.05) is 36.4 Å². The maximum Gasteiger partial charge on any atom is 0.119 e. The van der Waals surface area contributed by atoms with Gasteiger partial charge in [0, 0.05) is 24.1 Å². The van der Waals surface area contributed by atoms with E-state index in [9.17, 15) is 0 Å². The number of ether oxygens (including phenoxy) is 1. The summed E-state index contributed by atoms with van der Waals surface area (Å²) in [6.07, 6.45) is 2.13. The number of hydrogen-bond acceptors (Lipinski definition) is 1. The molecule has 0 bridgehead atoms. The second-order valence-electron chi connectivity index (χ2n) is 6.30. The molecule has 5 aromatic rings. The fourth-order valence-corrected chi connectivity index (χ4v) is 3.91. The van der Waals surface area contributed by atoms with E-state index in [1.165, 1.54) is 43.2 Å². The molecular weight excluding hydrogens is 294 g/mol. The van der Waals surface area contributed by atoms with Gasteiger partial charge in [0.05, 0.1) is 7.11 Å². The molecule has 0 N–H and O–H groups in total. The molecule has 1 aromatic heterocycles. The standard InChI is InChI=1S/C22H17NO/c1-23-12-11-19-21(23)10-9-18-20-13-14(24-2)7-8-16(20)15-5-3-4-6-17(15)22(18)19/h3-13H,1-2H3. The first-order valence-corrected chi connectivity index (χ1v) is 8.14. The SMILES string of the molecule is COc1ccc2c3ccccc3c3c(ccc4c3ccn4C)c2c1. The Hall–Kier alpha value is -3.00. The molecule has 24 heavy (non-hydrogen) atoms. The molecule has 116 valence electrons. The van der Waals surface area contributed by atoms with Gasteiger partial charge >= 0.3 is 0 Å². The van der Waals surface area contributed by atoms with Crippen LogP contribution in [0.4, 0.5) is 0 Å². The minimum absolute atomic E-state index is 0.896. The van der Waals surface area contributed by atoms with Crippen LogP contribution < -0.4 is 4.74 Å². The highest BCUT2D eigenvalue weighted by Gasteiger charge is 2.12. The van der Waals surface area contributed by atoms with Crippen LogP contribution in [0, 0.1) is 0 Å². The zero-order chi connectivity index (χ0) is 16.3. The molecule has 0 saturated heterocycles. The highest BCUT2D eigenvalue weighted by Crippen LogP contribution is 2.39. The highest BCUT2D eigenvalue weighted by atomic mass is 16.5. The van der Waals surface area contributed by atoms with Crippen LogP contribution in [0.1, 0.15) is 0 Å². The van der Waals surface area contributed by atoms with E-state index in [0.717, 1.165) is 5.75 Å². The normalized spacial score (nSPS) is 11.8. The van der Waals surface area contributed by atoms with E-state index in [-0.39, 0.29) is 0 Å². The predicted molar refractivity (Wildman–Crippen MR) is 102 cm³/mol. The van der Waals surface area contributed by atoms with Crippen molar-refractivity contribution < 1.29 is 4.74 Å². The summed E-state index contributed by atoms with van der Waals surface area (Å²) in [5.74, 6) is 0.896. The van der Waals surface area contributed by atoms with Gasteiger partial charge in [0.25, 0.3) is 0 Å². The summed E-state index contributed by atoms with van der Waals surface area (Å²) >= 11 is 0. The van der Waals surface area contributed by atoms with Crippen LogP contribution >= 0.6 is 0 Å². The molecule has 0 fully saturated rings. The summed E-state index contributed by atoms with van der Waals surface area (Å²) in [4.78, 5) is 0. The minimum atomic E-state index is 0.896. The number of nitrogens with zero attached hydrogens (tertiary/aromatic N) is 1. The van der Waals surface area contributed by atoms with E-state index in [4.69, 9.17) is 4.74 Å². The fourth-order valence-electron chi connectivity index (χ4n) is 3.91. The number of aromatic nitrogens is 1. The smallest absolute Gasteiger partial charge is 0.119 e. The third-order valence-electron chi connectivity index (χ3n) is 5.07. The molecule has 0 aliphatic rings. The van der Waals surface area contributed by atoms with Crippen LogP contribution in [-0.4, -0.2) is 11.7 Å². The van der Waals surface area contributed by atoms with E-state index in [1.54, 1.807) is 7.11 Å². The van der Waals surface area contributed by atoms with Crippen LogP contribution in [0.25, 0.3) is 43.2 Å². The molecular formula is C22H17NO. The Morgan fingerprint density at radius 2 is 1.42 bits per heavy atom. The molecule has 0 radical (unpaired) electrons. The molecule has 0 saturated carbocycles. The lowest BCUT2D eigenvalue weighted by atomic mass is 9.92. The van der Waals surface area contributed by atoms with E-state index >= 15 is 0 Å². The second kappa shape index (κ2) is 4.75. The van der Waals surface area contributed by atoms with Gasteiger partial charge in [0.2, 0.25) is 0 Å². The molecule has 5 rings (SSSR count). The highest BCUT2D eigenvalue weighted by molar-refractivity contribution is 6.31. The molecule has 0 aliphatic carbocycles. The van der Waals surface area contributed by atoms with Crippen LogP contribution in [0.5, 0.6) is 5.75 Å². The van der Waals surface area contributed by atoms with Gasteiger partial charge in [-0.3, -0.25) is 0 Å². The third kappa shape index (κ3) is 1.65. The van der Waals surface area contributed by atoms with Crippen LogP contribution in [0.2, 0.25) is 0 Å². The van der Waals surface area contributed by atoms with Gasteiger partial charge in [-0.05, 0) is 56.6 Å². The lowest BCUT2D eigenvalue weighted by molar-refractivity contribution is 0.415. The van der Waals surface area contributed by atoms with Crippen molar-refractivity contribution in [2.45, 2.75) is 0 Å². The van der Waals surface area contributed by atoms with Gasteiger partial charge in [0.15, 0.2) is 0 Å². The Kier molecular flexibility index (Phi) is 2.66. The first kappa shape index (κ1) is 13.4. The summed E-state index contributed by atoms with van der Waals surface area (Å²) in [7, 11) is 3.82. The summed E-state index contributed by atoms with van der Waals surface area (Å²) in [6, 6.07) is 21.7. The van der Waals surface area contributed by atoms with Crippen LogP contribution in [0.3, 0.4) is 0 Å². The average molecular weight is 311 g/mol. The molecule has 2 heteroatoms. The Labute approximate surface area is 139 Å². The quantitative estimate of drug-likeness (QED) is 0.365. The Bertz CT molecular complexity index is 1250. The summed E-state index contributed by atoms with van der Waals surface area (Å²) in [5, 5.41) is 9.02. The molecule has 0 amide bonds. The van der Waals surface area contributed by atoms with Crippen molar-refractivity contribution in [2.24, 2.45) is 7.05 Å². The predicted octanol–water partition coefficient (Wildman–Crippen LogP) is 5.65. The lowest BCUT2D eigenvalue weighted by Gasteiger charge is -2.12. The molecule has 0 unspecified atom stereocenters. The monoisotopic (exact) mass is 311 g/mol. The zero-order valence-electron chi connectivity index (χ0n) is 13.7. The second-order valence-corrected chi connectivity index (χ2v) is 6.30. The topological polar surface area (TPSA) is 14.2 Å². The van der Waals surface area contributed by atoms with E-state index in [1.807, 2.05) is 6.07 Å². The van der Waals surface area contributed by atoms with Gasteiger partial charge in [-0.25, -0.2) is 0 Å². The largest absolute Gasteiger partial charge is 0.497 e. The summed E-state index contributed by atoms with van der Waals surface area (Å²) in [5.41, 5.74) is 1.26.